The van der Waals surface area contributed by atoms with E-state index in [2.05, 4.69) is 20.9 Å². The zero-order valence-electron chi connectivity index (χ0n) is 22.0. The fourth-order valence-corrected chi connectivity index (χ4v) is 8.27. The highest BCUT2D eigenvalue weighted by Crippen LogP contribution is 2.56. The van der Waals surface area contributed by atoms with Crippen LogP contribution >= 0.6 is 34.0 Å². The van der Waals surface area contributed by atoms with Crippen molar-refractivity contribution < 1.29 is 9.85 Å². The first kappa shape index (κ1) is 28.7. The van der Waals surface area contributed by atoms with E-state index in [0.29, 0.717) is 22.3 Å². The molecule has 5 aromatic rings. The third-order valence-corrected chi connectivity index (χ3v) is 10.5. The molecule has 0 atom stereocenters. The molecule has 4 heterocycles. The number of nitro benzene ring substituents is 2. The van der Waals surface area contributed by atoms with Gasteiger partial charge >= 0.3 is 0 Å². The van der Waals surface area contributed by atoms with Crippen molar-refractivity contribution in [3.05, 3.63) is 114 Å². The second kappa shape index (κ2) is 12.1. The summed E-state index contributed by atoms with van der Waals surface area (Å²) in [7, 11) is 0. The first-order valence-electron chi connectivity index (χ1n) is 12.5. The summed E-state index contributed by atoms with van der Waals surface area (Å²) in [5, 5.41) is 41.4. The Morgan fingerprint density at radius 2 is 1.05 bits per heavy atom. The van der Waals surface area contributed by atoms with Crippen molar-refractivity contribution in [2.24, 2.45) is 8.73 Å². The third kappa shape index (κ3) is 5.66. The first-order chi connectivity index (χ1) is 21.3. The normalized spacial score (nSPS) is 12.3. The van der Waals surface area contributed by atoms with Gasteiger partial charge < -0.3 is 0 Å². The van der Waals surface area contributed by atoms with E-state index >= 15 is 0 Å². The summed E-state index contributed by atoms with van der Waals surface area (Å²) in [6.07, 6.45) is 3.52. The zero-order chi connectivity index (χ0) is 30.8. The lowest BCUT2D eigenvalue weighted by atomic mass is 10.1. The number of thiophene rings is 3. The predicted molar refractivity (Wildman–Crippen MR) is 176 cm³/mol. The van der Waals surface area contributed by atoms with Gasteiger partial charge in [-0.1, -0.05) is 0 Å². The second-order valence-electron chi connectivity index (χ2n) is 9.07. The highest BCUT2D eigenvalue weighted by Gasteiger charge is 2.24. The Labute approximate surface area is 264 Å². The average molecular weight is 651 g/mol. The van der Waals surface area contributed by atoms with Crippen LogP contribution in [-0.2, 0) is 11.4 Å². The van der Waals surface area contributed by atoms with Crippen LogP contribution in [0.1, 0.15) is 20.9 Å². The fraction of sp³-hybridized carbons (Fsp3) is 0. The van der Waals surface area contributed by atoms with E-state index in [1.165, 1.54) is 46.9 Å². The molecular weight excluding hydrogens is 637 g/mol. The van der Waals surface area contributed by atoms with Crippen LogP contribution in [0.2, 0.25) is 0 Å². The van der Waals surface area contributed by atoms with Gasteiger partial charge in [-0.15, -0.1) is 34.0 Å². The van der Waals surface area contributed by atoms with Crippen LogP contribution in [0.5, 0.6) is 0 Å². The summed E-state index contributed by atoms with van der Waals surface area (Å²) in [5.74, 6) is 0. The number of hydrogen-bond donors (Lipinski definition) is 0. The Bertz CT molecular complexity index is 2040. The highest BCUT2D eigenvalue weighted by molar-refractivity contribution is 7.58. The smallest absolute Gasteiger partial charge is 0.258 e. The second-order valence-corrected chi connectivity index (χ2v) is 12.9. The van der Waals surface area contributed by atoms with Gasteiger partial charge in [0.25, 0.3) is 11.4 Å². The van der Waals surface area contributed by atoms with Crippen molar-refractivity contribution in [3.63, 3.8) is 0 Å². The van der Waals surface area contributed by atoms with Gasteiger partial charge in [0.05, 0.1) is 54.2 Å². The molecule has 1 aliphatic heterocycles. The molecule has 0 radical (unpaired) electrons. The number of hydrogen-bond acceptors (Lipinski definition) is 11. The van der Waals surface area contributed by atoms with Gasteiger partial charge in [0.2, 0.25) is 0 Å². The number of fused-ring (bicyclic) bond motifs is 1. The molecule has 2 aromatic carbocycles. The van der Waals surface area contributed by atoms with E-state index in [1.54, 1.807) is 47.8 Å². The van der Waals surface area contributed by atoms with Crippen molar-refractivity contribution in [1.82, 2.24) is 0 Å². The van der Waals surface area contributed by atoms with E-state index in [4.69, 9.17) is 0 Å². The Morgan fingerprint density at radius 1 is 0.636 bits per heavy atom. The lowest BCUT2D eigenvalue weighted by Gasteiger charge is -1.98. The molecule has 3 aromatic heterocycles. The topological polar surface area (TPSA) is 159 Å². The van der Waals surface area contributed by atoms with Gasteiger partial charge in [0.15, 0.2) is 0 Å². The maximum absolute atomic E-state index is 11.0. The molecule has 0 unspecified atom stereocenters. The molecule has 212 valence electrons. The van der Waals surface area contributed by atoms with Crippen LogP contribution in [0.25, 0.3) is 42.8 Å². The molecule has 6 rings (SSSR count). The molecule has 0 bridgehead atoms. The number of rotatable bonds is 8. The van der Waals surface area contributed by atoms with Gasteiger partial charge in [-0.25, -0.2) is 0 Å². The predicted octanol–water partition coefficient (Wildman–Crippen LogP) is 9.88. The maximum atomic E-state index is 11.0. The number of allylic oxidation sites excluding steroid dienone is 2. The molecule has 10 nitrogen and oxygen atoms in total. The van der Waals surface area contributed by atoms with Crippen molar-refractivity contribution in [3.8, 4) is 31.6 Å². The minimum absolute atomic E-state index is 0.0392. The van der Waals surface area contributed by atoms with Crippen molar-refractivity contribution in [1.29, 1.82) is 10.5 Å². The summed E-state index contributed by atoms with van der Waals surface area (Å²) in [5.41, 5.74) is 3.47. The molecule has 14 heteroatoms. The minimum Gasteiger partial charge on any atom is -0.258 e. The average Bonchev–Trinajstić information content (AvgIpc) is 3.84. The molecule has 0 aliphatic carbocycles. The van der Waals surface area contributed by atoms with Gasteiger partial charge in [-0.05, 0) is 71.8 Å². The molecule has 0 amide bonds. The number of benzene rings is 2. The third-order valence-electron chi connectivity index (χ3n) is 6.42. The summed E-state index contributed by atoms with van der Waals surface area (Å²) >= 11 is 5.70. The summed E-state index contributed by atoms with van der Waals surface area (Å²) in [4.78, 5) is 26.5. The summed E-state index contributed by atoms with van der Waals surface area (Å²) < 4.78 is 9.10. The van der Waals surface area contributed by atoms with Crippen LogP contribution in [0.3, 0.4) is 0 Å². The first-order valence-corrected chi connectivity index (χ1v) is 15.7. The van der Waals surface area contributed by atoms with Crippen LogP contribution < -0.4 is 0 Å². The zero-order valence-corrected chi connectivity index (χ0v) is 25.3. The lowest BCUT2D eigenvalue weighted by Crippen LogP contribution is -1.88. The Balaban J connectivity index is 1.29. The van der Waals surface area contributed by atoms with E-state index in [1.807, 2.05) is 24.3 Å². The fourth-order valence-electron chi connectivity index (χ4n) is 4.29. The summed E-state index contributed by atoms with van der Waals surface area (Å²) in [6, 6.07) is 23.9. The largest absolute Gasteiger partial charge is 0.269 e. The number of nitriles is 2. The highest BCUT2D eigenvalue weighted by atomic mass is 32.1. The lowest BCUT2D eigenvalue weighted by molar-refractivity contribution is -0.385. The Kier molecular flexibility index (Phi) is 7.89. The van der Waals surface area contributed by atoms with Gasteiger partial charge in [0, 0.05) is 43.8 Å². The van der Waals surface area contributed by atoms with Crippen LogP contribution in [0.4, 0.5) is 22.7 Å². The quantitative estimate of drug-likeness (QED) is 0.0905. The number of nitro groups is 2. The van der Waals surface area contributed by atoms with Gasteiger partial charge in [0.1, 0.15) is 11.4 Å². The van der Waals surface area contributed by atoms with Crippen molar-refractivity contribution in [2.45, 2.75) is 0 Å². The van der Waals surface area contributed by atoms with Crippen molar-refractivity contribution in [2.75, 3.05) is 0 Å². The Hall–Kier alpha value is -5.38. The molecular formula is C30H14N6O4S4. The molecule has 0 spiro atoms. The van der Waals surface area contributed by atoms with Crippen LogP contribution in [0, 0.1) is 42.9 Å². The number of nitrogens with zero attached hydrogens (tertiary/aromatic N) is 6. The van der Waals surface area contributed by atoms with Gasteiger partial charge in [-0.2, -0.15) is 19.2 Å². The maximum Gasteiger partial charge on any atom is 0.269 e. The van der Waals surface area contributed by atoms with Crippen molar-refractivity contribution >= 4 is 91.4 Å². The molecule has 0 N–H and O–H groups in total. The van der Waals surface area contributed by atoms with Crippen LogP contribution in [0.15, 0.2) is 81.5 Å². The molecule has 0 saturated carbocycles. The molecule has 0 saturated heterocycles. The Morgan fingerprint density at radius 3 is 1.41 bits per heavy atom. The SMILES string of the molecule is N#C/C(=C\c1ccc(-c2sc(-c3ccc(/C=C(\C#N)c4ccc([N+](=O)[O-])cc4)s3)c3c2N=S=N3)s1)c1ccc([N+](=O)[O-])cc1. The molecule has 0 fully saturated rings. The van der Waals surface area contributed by atoms with E-state index in [0.717, 1.165) is 52.0 Å². The summed E-state index contributed by atoms with van der Waals surface area (Å²) in [6.45, 7) is 0. The van der Waals surface area contributed by atoms with Gasteiger partial charge in [-0.3, -0.25) is 20.2 Å². The van der Waals surface area contributed by atoms with E-state index in [-0.39, 0.29) is 11.4 Å². The minimum atomic E-state index is -0.479. The van der Waals surface area contributed by atoms with E-state index < -0.39 is 9.85 Å². The monoisotopic (exact) mass is 650 g/mol. The molecule has 44 heavy (non-hydrogen) atoms. The van der Waals surface area contributed by atoms with Crippen LogP contribution in [-0.4, -0.2) is 9.85 Å². The molecule has 1 aliphatic rings. The standard InChI is InChI=1S/C30H14N6O4S4/c31-15-19(17-1-5-21(6-2-17)35(37)38)13-23-9-11-25(41-23)29-27-28(34-44-33-27)30(43-29)26-12-10-24(42-26)14-20(16-32)18-3-7-22(8-4-18)36(39)40/h1-14H/b19-13+,20-14+. The van der Waals surface area contributed by atoms with E-state index in [9.17, 15) is 30.8 Å². The number of non-ortho nitro benzene ring substituents is 2.